The number of carbonyl (C=O) groups excluding carboxylic acids is 1. The van der Waals surface area contributed by atoms with Crippen LogP contribution in [-0.4, -0.2) is 35.7 Å². The number of hydrogen-bond acceptors (Lipinski definition) is 2. The Morgan fingerprint density at radius 2 is 1.95 bits per heavy atom. The third-order valence-electron chi connectivity index (χ3n) is 3.14. The van der Waals surface area contributed by atoms with Gasteiger partial charge in [-0.2, -0.15) is 0 Å². The minimum absolute atomic E-state index is 0.181. The number of urea groups is 1. The highest BCUT2D eigenvalue weighted by molar-refractivity contribution is 5.83. The summed E-state index contributed by atoms with van der Waals surface area (Å²) in [5.74, 6) is 0. The minimum atomic E-state index is -0.522. The van der Waals surface area contributed by atoms with Crippen molar-refractivity contribution in [3.05, 3.63) is 48.0 Å². The van der Waals surface area contributed by atoms with E-state index in [1.54, 1.807) is 14.0 Å². The maximum Gasteiger partial charge on any atom is 0.317 e. The van der Waals surface area contributed by atoms with Gasteiger partial charge in [-0.05, 0) is 29.3 Å². The standard InChI is InChI=1S/C16H20N2O2/c1-12(19)11-18(2)16(20)17-10-13-7-8-14-5-3-4-6-15(14)9-13/h3-9,12,19H,10-11H2,1-2H3,(H,17,20). The monoisotopic (exact) mass is 272 g/mol. The van der Waals surface area contributed by atoms with E-state index in [9.17, 15) is 9.90 Å². The second-order valence-electron chi connectivity index (χ2n) is 5.07. The Hall–Kier alpha value is -2.07. The molecular weight excluding hydrogens is 252 g/mol. The topological polar surface area (TPSA) is 52.6 Å². The number of benzene rings is 2. The molecule has 0 heterocycles. The molecule has 2 N–H and O–H groups in total. The maximum atomic E-state index is 11.8. The Bertz CT molecular complexity index is 596. The first-order valence-corrected chi connectivity index (χ1v) is 6.71. The van der Waals surface area contributed by atoms with Crippen LogP contribution in [0.4, 0.5) is 4.79 Å². The fourth-order valence-corrected chi connectivity index (χ4v) is 2.14. The molecule has 0 aromatic heterocycles. The van der Waals surface area contributed by atoms with E-state index in [0.717, 1.165) is 10.9 Å². The SMILES string of the molecule is CC(O)CN(C)C(=O)NCc1ccc2ccccc2c1. The summed E-state index contributed by atoms with van der Waals surface area (Å²) in [5.41, 5.74) is 1.06. The van der Waals surface area contributed by atoms with Gasteiger partial charge in [0.25, 0.3) is 0 Å². The number of fused-ring (bicyclic) bond motifs is 1. The average Bonchev–Trinajstić information content (AvgIpc) is 2.43. The van der Waals surface area contributed by atoms with Crippen LogP contribution in [0.25, 0.3) is 10.8 Å². The molecule has 0 bridgehead atoms. The predicted molar refractivity (Wildman–Crippen MR) is 80.5 cm³/mol. The van der Waals surface area contributed by atoms with Gasteiger partial charge in [-0.15, -0.1) is 0 Å². The lowest BCUT2D eigenvalue weighted by Crippen LogP contribution is -2.40. The van der Waals surface area contributed by atoms with Crippen molar-refractivity contribution < 1.29 is 9.90 Å². The summed E-state index contributed by atoms with van der Waals surface area (Å²) in [6.07, 6.45) is -0.522. The predicted octanol–water partition coefficient (Wildman–Crippen LogP) is 2.36. The van der Waals surface area contributed by atoms with Crippen molar-refractivity contribution >= 4 is 16.8 Å². The molecule has 0 saturated heterocycles. The van der Waals surface area contributed by atoms with Crippen LogP contribution < -0.4 is 5.32 Å². The maximum absolute atomic E-state index is 11.8. The molecule has 4 nitrogen and oxygen atoms in total. The fraction of sp³-hybridized carbons (Fsp3) is 0.312. The smallest absolute Gasteiger partial charge is 0.317 e. The average molecular weight is 272 g/mol. The molecule has 4 heteroatoms. The Labute approximate surface area is 119 Å². The van der Waals surface area contributed by atoms with Crippen molar-refractivity contribution in [2.24, 2.45) is 0 Å². The van der Waals surface area contributed by atoms with Gasteiger partial charge in [0, 0.05) is 20.1 Å². The molecule has 2 aromatic rings. The van der Waals surface area contributed by atoms with Crippen LogP contribution in [0.2, 0.25) is 0 Å². The van der Waals surface area contributed by atoms with Gasteiger partial charge in [0.1, 0.15) is 0 Å². The number of nitrogens with zero attached hydrogens (tertiary/aromatic N) is 1. The summed E-state index contributed by atoms with van der Waals surface area (Å²) < 4.78 is 0. The summed E-state index contributed by atoms with van der Waals surface area (Å²) >= 11 is 0. The van der Waals surface area contributed by atoms with Crippen molar-refractivity contribution in [2.75, 3.05) is 13.6 Å². The number of nitrogens with one attached hydrogen (secondary N) is 1. The zero-order valence-corrected chi connectivity index (χ0v) is 11.8. The molecule has 0 spiro atoms. The summed E-state index contributed by atoms with van der Waals surface area (Å²) in [6, 6.07) is 14.1. The molecule has 20 heavy (non-hydrogen) atoms. The quantitative estimate of drug-likeness (QED) is 0.897. The van der Waals surface area contributed by atoms with Crippen LogP contribution in [0, 0.1) is 0 Å². The number of aliphatic hydroxyl groups excluding tert-OH is 1. The molecule has 2 amide bonds. The lowest BCUT2D eigenvalue weighted by molar-refractivity contribution is 0.143. The Kier molecular flexibility index (Phi) is 4.58. The number of carbonyl (C=O) groups is 1. The molecule has 0 saturated carbocycles. The minimum Gasteiger partial charge on any atom is -0.392 e. The van der Waals surface area contributed by atoms with Gasteiger partial charge in [-0.25, -0.2) is 4.79 Å². The second kappa shape index (κ2) is 6.39. The Morgan fingerprint density at radius 1 is 1.25 bits per heavy atom. The van der Waals surface area contributed by atoms with Crippen molar-refractivity contribution in [3.63, 3.8) is 0 Å². The van der Waals surface area contributed by atoms with Gasteiger partial charge >= 0.3 is 6.03 Å². The number of rotatable bonds is 4. The first kappa shape index (κ1) is 14.3. The molecular formula is C16H20N2O2. The normalized spacial score (nSPS) is 12.2. The van der Waals surface area contributed by atoms with E-state index >= 15 is 0 Å². The second-order valence-corrected chi connectivity index (χ2v) is 5.07. The van der Waals surface area contributed by atoms with Crippen LogP contribution in [-0.2, 0) is 6.54 Å². The largest absolute Gasteiger partial charge is 0.392 e. The van der Waals surface area contributed by atoms with E-state index in [2.05, 4.69) is 29.6 Å². The Morgan fingerprint density at radius 3 is 2.65 bits per heavy atom. The van der Waals surface area contributed by atoms with E-state index in [1.165, 1.54) is 10.3 Å². The molecule has 0 fully saturated rings. The molecule has 106 valence electrons. The highest BCUT2D eigenvalue weighted by Crippen LogP contribution is 2.15. The highest BCUT2D eigenvalue weighted by atomic mass is 16.3. The van der Waals surface area contributed by atoms with Gasteiger partial charge in [0.15, 0.2) is 0 Å². The molecule has 2 rings (SSSR count). The summed E-state index contributed by atoms with van der Waals surface area (Å²) in [7, 11) is 1.67. The lowest BCUT2D eigenvalue weighted by atomic mass is 10.1. The van der Waals surface area contributed by atoms with Crippen LogP contribution >= 0.6 is 0 Å². The molecule has 0 aliphatic rings. The molecule has 2 aromatic carbocycles. The zero-order chi connectivity index (χ0) is 14.5. The third-order valence-corrected chi connectivity index (χ3v) is 3.14. The zero-order valence-electron chi connectivity index (χ0n) is 11.8. The third kappa shape index (κ3) is 3.71. The van der Waals surface area contributed by atoms with E-state index in [4.69, 9.17) is 0 Å². The van der Waals surface area contributed by atoms with Gasteiger partial charge in [0.05, 0.1) is 6.10 Å². The van der Waals surface area contributed by atoms with Gasteiger partial charge < -0.3 is 15.3 Å². The Balaban J connectivity index is 1.97. The highest BCUT2D eigenvalue weighted by Gasteiger charge is 2.10. The van der Waals surface area contributed by atoms with E-state index in [-0.39, 0.29) is 6.03 Å². The fourth-order valence-electron chi connectivity index (χ4n) is 2.14. The van der Waals surface area contributed by atoms with Crippen LogP contribution in [0.3, 0.4) is 0 Å². The van der Waals surface area contributed by atoms with Gasteiger partial charge in [-0.3, -0.25) is 0 Å². The van der Waals surface area contributed by atoms with Gasteiger partial charge in [-0.1, -0.05) is 36.4 Å². The molecule has 0 aliphatic heterocycles. The summed E-state index contributed by atoms with van der Waals surface area (Å²) in [4.78, 5) is 13.3. The summed E-state index contributed by atoms with van der Waals surface area (Å²) in [6.45, 7) is 2.46. The van der Waals surface area contributed by atoms with Crippen molar-refractivity contribution in [2.45, 2.75) is 19.6 Å². The molecule has 1 atom stereocenters. The first-order valence-electron chi connectivity index (χ1n) is 6.71. The van der Waals surface area contributed by atoms with E-state index in [0.29, 0.717) is 13.1 Å². The first-order chi connectivity index (χ1) is 9.56. The molecule has 1 unspecified atom stereocenters. The van der Waals surface area contributed by atoms with Gasteiger partial charge in [0.2, 0.25) is 0 Å². The van der Waals surface area contributed by atoms with Crippen LogP contribution in [0.5, 0.6) is 0 Å². The van der Waals surface area contributed by atoms with Crippen molar-refractivity contribution in [3.8, 4) is 0 Å². The lowest BCUT2D eigenvalue weighted by Gasteiger charge is -2.19. The van der Waals surface area contributed by atoms with E-state index in [1.807, 2.05) is 18.2 Å². The molecule has 0 aliphatic carbocycles. The number of hydrogen-bond donors (Lipinski definition) is 2. The van der Waals surface area contributed by atoms with E-state index < -0.39 is 6.10 Å². The van der Waals surface area contributed by atoms with Crippen LogP contribution in [0.1, 0.15) is 12.5 Å². The molecule has 0 radical (unpaired) electrons. The number of aliphatic hydroxyl groups is 1. The van der Waals surface area contributed by atoms with Crippen LogP contribution in [0.15, 0.2) is 42.5 Å². The summed E-state index contributed by atoms with van der Waals surface area (Å²) in [5, 5.41) is 14.5. The van der Waals surface area contributed by atoms with Crippen molar-refractivity contribution in [1.82, 2.24) is 10.2 Å². The number of amides is 2. The number of likely N-dealkylation sites (N-methyl/N-ethyl adjacent to an activating group) is 1. The van der Waals surface area contributed by atoms with Crippen molar-refractivity contribution in [1.29, 1.82) is 0 Å².